The van der Waals surface area contributed by atoms with Crippen LogP contribution >= 0.6 is 34.8 Å². The number of aryl methyl sites for hydroxylation is 2. The number of nitrogens with one attached hydrogen (secondary N) is 6. The highest BCUT2D eigenvalue weighted by molar-refractivity contribution is 7.87. The number of fused-ring (bicyclic) bond motifs is 1. The number of H-pyrrole nitrogens is 5. The second kappa shape index (κ2) is 28.1. The third-order valence-corrected chi connectivity index (χ3v) is 20.0. The molecule has 0 aliphatic heterocycles. The molecule has 16 N–H and O–H groups in total. The van der Waals surface area contributed by atoms with Crippen molar-refractivity contribution < 1.29 is 95.9 Å². The molecule has 10 rings (SSSR count). The lowest BCUT2D eigenvalue weighted by atomic mass is 10.1. The first-order valence-electron chi connectivity index (χ1n) is 27.0. The monoisotopic (exact) mass is 1610 g/mol. The Morgan fingerprint density at radius 1 is 0.417 bits per heavy atom. The molecule has 0 bridgehead atoms. The number of nitrogen functional groups attached to an aromatic ring is 1. The van der Waals surface area contributed by atoms with Crippen LogP contribution in [-0.2, 0) is 70.8 Å². The van der Waals surface area contributed by atoms with Crippen LogP contribution in [0.5, 0.6) is 5.75 Å². The molecular weight excluding hydrogens is 1580 g/mol. The molecule has 52 heteroatoms. The summed E-state index contributed by atoms with van der Waals surface area (Å²) in [7, 11) is -36.4. The number of phenolic OH excluding ortho intramolecular Hbond substituents is 1. The predicted octanol–water partition coefficient (Wildman–Crippen LogP) is 6.39. The molecule has 0 aliphatic rings. The van der Waals surface area contributed by atoms with Gasteiger partial charge < -0.3 is 26.1 Å². The van der Waals surface area contributed by atoms with Gasteiger partial charge in [0, 0.05) is 5.69 Å². The number of hydrogen-bond acceptors (Lipinski definition) is 30. The highest BCUT2D eigenvalue weighted by Gasteiger charge is 2.30. The van der Waals surface area contributed by atoms with E-state index >= 15 is 0 Å². The van der Waals surface area contributed by atoms with Gasteiger partial charge in [0.05, 0.1) is 44.4 Å². The van der Waals surface area contributed by atoms with Crippen molar-refractivity contribution in [2.45, 2.75) is 48.1 Å². The highest BCUT2D eigenvalue weighted by Crippen LogP contribution is 2.49. The molecule has 0 unspecified atom stereocenters. The lowest BCUT2D eigenvalue weighted by molar-refractivity contribution is 0.472. The van der Waals surface area contributed by atoms with Crippen molar-refractivity contribution in [1.82, 2.24) is 44.9 Å². The number of aromatic nitrogens is 9. The summed E-state index contributed by atoms with van der Waals surface area (Å²) in [6.07, 6.45) is 0. The molecule has 0 atom stereocenters. The Kier molecular flexibility index (Phi) is 20.6. The van der Waals surface area contributed by atoms with Crippen LogP contribution in [0.15, 0.2) is 183 Å². The molecule has 10 aromatic rings. The molecular formula is C51H39Cl3N20O22S7. The van der Waals surface area contributed by atoms with Gasteiger partial charge in [-0.3, -0.25) is 46.8 Å². The minimum absolute atomic E-state index is 0.150. The summed E-state index contributed by atoms with van der Waals surface area (Å²) in [5.74, 6) is -1.59. The van der Waals surface area contributed by atoms with Gasteiger partial charge in [0.25, 0.3) is 70.8 Å². The summed E-state index contributed by atoms with van der Waals surface area (Å²) in [5, 5.41) is 26.5. The Morgan fingerprint density at radius 2 is 0.854 bits per heavy atom. The molecule has 0 spiro atoms. The highest BCUT2D eigenvalue weighted by atomic mass is 35.5. The van der Waals surface area contributed by atoms with Crippen molar-refractivity contribution >= 4 is 185 Å². The average molecular weight is 1610 g/mol. The first kappa shape index (κ1) is 75.3. The van der Waals surface area contributed by atoms with E-state index in [0.29, 0.717) is 23.8 Å². The summed E-state index contributed by atoms with van der Waals surface area (Å²) >= 11 is 18.6. The fourth-order valence-electron chi connectivity index (χ4n) is 8.99. The van der Waals surface area contributed by atoms with Crippen molar-refractivity contribution in [3.8, 4) is 5.75 Å². The van der Waals surface area contributed by atoms with Gasteiger partial charge in [-0.2, -0.15) is 78.9 Å². The number of halogens is 3. The van der Waals surface area contributed by atoms with E-state index in [9.17, 15) is 95.9 Å². The summed E-state index contributed by atoms with van der Waals surface area (Å²) < 4.78 is 247. The molecule has 0 fully saturated rings. The van der Waals surface area contributed by atoms with E-state index in [1.54, 1.807) is 6.92 Å². The first-order chi connectivity index (χ1) is 47.7. The number of phenols is 1. The summed E-state index contributed by atoms with van der Waals surface area (Å²) in [5.41, 5.74) is -1.62. The number of rotatable bonds is 18. The fourth-order valence-corrected chi connectivity index (χ4v) is 13.9. The second-order valence-electron chi connectivity index (χ2n) is 20.6. The lowest BCUT2D eigenvalue weighted by Gasteiger charge is -2.14. The summed E-state index contributed by atoms with van der Waals surface area (Å²) in [4.78, 5) is 42.8. The van der Waals surface area contributed by atoms with Crippen molar-refractivity contribution in [3.05, 3.63) is 158 Å². The smallest absolute Gasteiger partial charge is 0.296 e. The Morgan fingerprint density at radius 3 is 1.32 bits per heavy atom. The van der Waals surface area contributed by atoms with Crippen LogP contribution in [0.25, 0.3) is 10.8 Å². The Labute approximate surface area is 590 Å². The minimum atomic E-state index is -5.64. The lowest BCUT2D eigenvalue weighted by Crippen LogP contribution is -2.27. The zero-order chi connectivity index (χ0) is 75.4. The number of benzene rings is 7. The van der Waals surface area contributed by atoms with Gasteiger partial charge >= 0.3 is 0 Å². The zero-order valence-electron chi connectivity index (χ0n) is 50.5. The maximum atomic E-state index is 13.0. The second-order valence-corrected chi connectivity index (χ2v) is 31.4. The van der Waals surface area contributed by atoms with Gasteiger partial charge in [0.15, 0.2) is 5.75 Å². The van der Waals surface area contributed by atoms with E-state index in [2.05, 4.69) is 95.6 Å². The van der Waals surface area contributed by atoms with Crippen LogP contribution < -0.4 is 39.1 Å². The van der Waals surface area contributed by atoms with Gasteiger partial charge in [-0.05, 0) is 162 Å². The van der Waals surface area contributed by atoms with Crippen LogP contribution in [0.1, 0.15) is 11.1 Å². The normalized spacial score (nSPS) is 13.9. The van der Waals surface area contributed by atoms with E-state index in [0.717, 1.165) is 66.7 Å². The van der Waals surface area contributed by atoms with Crippen molar-refractivity contribution in [2.24, 2.45) is 45.4 Å². The first-order valence-corrected chi connectivity index (χ1v) is 38.2. The number of anilines is 3. The molecule has 0 amide bonds. The van der Waals surface area contributed by atoms with Gasteiger partial charge in [0.2, 0.25) is 49.9 Å². The van der Waals surface area contributed by atoms with Crippen molar-refractivity contribution in [1.29, 1.82) is 0 Å². The molecule has 3 heterocycles. The number of azo groups is 2. The molecule has 538 valence electrons. The Hall–Kier alpha value is -10.3. The van der Waals surface area contributed by atoms with E-state index in [-0.39, 0.29) is 62.1 Å². The van der Waals surface area contributed by atoms with Gasteiger partial charge in [-0.1, -0.05) is 6.07 Å². The number of hydrogen-bond donors (Lipinski definition) is 15. The topological polar surface area (TPSA) is 681 Å². The fraction of sp³-hybridized carbons (Fsp3) is 0.0392. The van der Waals surface area contributed by atoms with Gasteiger partial charge in [-0.15, -0.1) is 20.5 Å². The molecule has 3 aromatic heterocycles. The third-order valence-electron chi connectivity index (χ3n) is 13.3. The number of aromatic hydroxyl groups is 1. The molecule has 7 aromatic carbocycles. The molecule has 0 saturated carbocycles. The third kappa shape index (κ3) is 17.9. The standard InChI is InChI=1S/C51H39Cl3N20O22S7/c1-20-3-8-28(35(13-20)101(88,89)90)60-50-66-44(53)63-46(69-50)56-23-4-10-32(98(79,80)81)29(17-23)61-51-67-45(54)64-48(70-51)58-24-5-11-33(99(82,83)84)30(18-24)71-73-40-36(102(91,92)93)15-22-16-37(103(94,95)96)41(42(75)38(22)39(40)55)74-72-31-19-25(6-12-34(31)100(85,86)87)57-47-62-43(52)65-49(68-47)59-27-9-7-26(14-21(27)2)97(76,77)78/h3-19,75H,55H2,1-2H3,(H,76,77,78)(H,79,80,81)(H,82,83,84)(H,85,86,87)(H,88,89,90)(H,91,92,93)(H,94,95,96)(H2,56,60,63,66,69)(H2,57,59,62,65,68)(H2,58,61,64,67,70). The van der Waals surface area contributed by atoms with E-state index in [1.807, 2.05) is 0 Å². The zero-order valence-corrected chi connectivity index (χ0v) is 58.5. The van der Waals surface area contributed by atoms with E-state index < -0.39 is 178 Å². The number of aromatic amines is 5. The number of nitrogens with two attached hydrogens (primary N) is 1. The van der Waals surface area contributed by atoms with Crippen LogP contribution in [0.2, 0.25) is 15.9 Å². The number of nitrogens with zero attached hydrogens (tertiary/aromatic N) is 13. The van der Waals surface area contributed by atoms with Crippen LogP contribution in [0, 0.1) is 13.8 Å². The molecule has 103 heavy (non-hydrogen) atoms. The van der Waals surface area contributed by atoms with E-state index in [1.165, 1.54) is 25.1 Å². The quantitative estimate of drug-likeness (QED) is 0.0251. The average Bonchev–Trinajstić information content (AvgIpc) is 0.738. The van der Waals surface area contributed by atoms with Gasteiger partial charge in [0.1, 0.15) is 52.1 Å². The largest absolute Gasteiger partial charge is 0.505 e. The van der Waals surface area contributed by atoms with Crippen LogP contribution in [-0.4, -0.2) is 141 Å². The molecule has 0 saturated heterocycles. The van der Waals surface area contributed by atoms with Crippen LogP contribution in [0.3, 0.4) is 0 Å². The van der Waals surface area contributed by atoms with Gasteiger partial charge in [-0.25, -0.2) is 25.0 Å². The predicted molar refractivity (Wildman–Crippen MR) is 355 cm³/mol. The molecule has 0 aliphatic carbocycles. The minimum Gasteiger partial charge on any atom is -0.505 e. The molecule has 0 radical (unpaired) electrons. The Balaban J connectivity index is 1.04. The maximum Gasteiger partial charge on any atom is 0.296 e. The van der Waals surface area contributed by atoms with Crippen molar-refractivity contribution in [3.63, 3.8) is 0 Å². The SMILES string of the molecule is Cc1ccc(N=c2[nH]c(Cl)nc(=Nc3ccc(S(=O)(=O)O)c(N=c4[nH]c(Cl)nc(=Nc5ccc(S(=O)(=O)O)c(N=Nc6c(S(=O)(=O)O)cc7cc(S(=O)(=O)O)c(N=Nc8cc(N=c9nc(Cl)nc(Nc%10ccc(S(=O)(=O)O)cc%10C)[nH]9)ccc8S(=O)(=O)O)c(O)c7c6N)c5)[nH]4)c3)[nH]2)c(S(=O)(=O)O)c1. The summed E-state index contributed by atoms with van der Waals surface area (Å²) in [6, 6.07) is 16.1. The van der Waals surface area contributed by atoms with Crippen LogP contribution in [0.4, 0.5) is 68.5 Å². The Bertz CT molecular complexity index is 6630. The maximum absolute atomic E-state index is 13.0. The van der Waals surface area contributed by atoms with E-state index in [4.69, 9.17) is 40.5 Å². The van der Waals surface area contributed by atoms with Crippen molar-refractivity contribution in [2.75, 3.05) is 11.1 Å². The molecule has 42 nitrogen and oxygen atoms in total. The summed E-state index contributed by atoms with van der Waals surface area (Å²) in [6.45, 7) is 3.04.